The van der Waals surface area contributed by atoms with Gasteiger partial charge in [0.05, 0.1) is 7.11 Å². The maximum atomic E-state index is 12.3. The number of carbonyl (C=O) groups is 2. The monoisotopic (exact) mass is 355 g/mol. The largest absolute Gasteiger partial charge is 0.480 e. The number of rotatable bonds is 5. The van der Waals surface area contributed by atoms with E-state index < -0.39 is 17.4 Å². The summed E-state index contributed by atoms with van der Waals surface area (Å²) in [5, 5.41) is 9.78. The standard InChI is InChI=1S/C15H18BrNO4/c1-21-14(20)15(13(18)19,11-4-2-3-5-11)7-10-6-12(16)9-17-8-10/h6,8-9,11H,2-5,7H2,1H3,(H,18,19). The maximum Gasteiger partial charge on any atom is 0.323 e. The van der Waals surface area contributed by atoms with Gasteiger partial charge in [0.1, 0.15) is 0 Å². The number of carboxylic acids is 1. The van der Waals surface area contributed by atoms with Crippen LogP contribution in [-0.2, 0) is 20.7 Å². The van der Waals surface area contributed by atoms with Crippen molar-refractivity contribution in [3.8, 4) is 0 Å². The molecule has 1 aromatic rings. The highest BCUT2D eigenvalue weighted by atomic mass is 79.9. The van der Waals surface area contributed by atoms with Crippen molar-refractivity contribution in [2.45, 2.75) is 32.1 Å². The lowest BCUT2D eigenvalue weighted by molar-refractivity contribution is -0.171. The zero-order valence-electron chi connectivity index (χ0n) is 11.8. The van der Waals surface area contributed by atoms with E-state index in [9.17, 15) is 14.7 Å². The van der Waals surface area contributed by atoms with Crippen LogP contribution in [0, 0.1) is 11.3 Å². The van der Waals surface area contributed by atoms with Crippen LogP contribution in [0.1, 0.15) is 31.2 Å². The van der Waals surface area contributed by atoms with Crippen molar-refractivity contribution in [1.29, 1.82) is 0 Å². The molecule has 5 nitrogen and oxygen atoms in total. The van der Waals surface area contributed by atoms with E-state index in [-0.39, 0.29) is 12.3 Å². The molecular formula is C15H18BrNO4. The van der Waals surface area contributed by atoms with Crippen LogP contribution >= 0.6 is 15.9 Å². The number of halogens is 1. The molecule has 6 heteroatoms. The average Bonchev–Trinajstić information content (AvgIpc) is 2.98. The Labute approximate surface area is 131 Å². The van der Waals surface area contributed by atoms with Gasteiger partial charge >= 0.3 is 11.9 Å². The summed E-state index contributed by atoms with van der Waals surface area (Å²) in [4.78, 5) is 28.3. The quantitative estimate of drug-likeness (QED) is 0.649. The summed E-state index contributed by atoms with van der Waals surface area (Å²) in [7, 11) is 1.24. The Balaban J connectivity index is 2.42. The number of carboxylic acid groups (broad SMARTS) is 1. The average molecular weight is 356 g/mol. The van der Waals surface area contributed by atoms with Gasteiger partial charge in [0.2, 0.25) is 0 Å². The second-order valence-corrected chi connectivity index (χ2v) is 6.35. The van der Waals surface area contributed by atoms with Crippen molar-refractivity contribution in [3.05, 3.63) is 28.5 Å². The van der Waals surface area contributed by atoms with E-state index in [0.29, 0.717) is 5.56 Å². The molecular weight excluding hydrogens is 338 g/mol. The lowest BCUT2D eigenvalue weighted by Crippen LogP contribution is -2.47. The molecule has 1 aliphatic rings. The second-order valence-electron chi connectivity index (χ2n) is 5.44. The van der Waals surface area contributed by atoms with Gasteiger partial charge in [-0.25, -0.2) is 0 Å². The Morgan fingerprint density at radius 3 is 2.62 bits per heavy atom. The zero-order chi connectivity index (χ0) is 15.5. The lowest BCUT2D eigenvalue weighted by Gasteiger charge is -2.32. The molecule has 0 bridgehead atoms. The first kappa shape index (κ1) is 15.9. The maximum absolute atomic E-state index is 12.3. The molecule has 21 heavy (non-hydrogen) atoms. The minimum Gasteiger partial charge on any atom is -0.480 e. The summed E-state index contributed by atoms with van der Waals surface area (Å²) in [5.41, 5.74) is -0.808. The third-order valence-corrected chi connectivity index (χ3v) is 4.66. The van der Waals surface area contributed by atoms with Crippen molar-refractivity contribution < 1.29 is 19.4 Å². The van der Waals surface area contributed by atoms with Crippen LogP contribution in [0.25, 0.3) is 0 Å². The smallest absolute Gasteiger partial charge is 0.323 e. The predicted octanol–water partition coefficient (Wildman–Crippen LogP) is 2.82. The van der Waals surface area contributed by atoms with Crippen molar-refractivity contribution >= 4 is 27.9 Å². The van der Waals surface area contributed by atoms with E-state index in [1.54, 1.807) is 18.5 Å². The van der Waals surface area contributed by atoms with Gasteiger partial charge in [0, 0.05) is 23.3 Å². The molecule has 2 rings (SSSR count). The minimum absolute atomic E-state index is 0.103. The molecule has 0 aliphatic heterocycles. The molecule has 1 fully saturated rings. The van der Waals surface area contributed by atoms with Crippen molar-refractivity contribution in [2.75, 3.05) is 7.11 Å². The van der Waals surface area contributed by atoms with Gasteiger partial charge in [0.25, 0.3) is 0 Å². The van der Waals surface area contributed by atoms with E-state index in [4.69, 9.17) is 4.74 Å². The molecule has 0 saturated heterocycles. The number of methoxy groups -OCH3 is 1. The van der Waals surface area contributed by atoms with Gasteiger partial charge in [-0.1, -0.05) is 12.8 Å². The van der Waals surface area contributed by atoms with Crippen LogP contribution < -0.4 is 0 Å². The van der Waals surface area contributed by atoms with Crippen LogP contribution in [0.15, 0.2) is 22.9 Å². The summed E-state index contributed by atoms with van der Waals surface area (Å²) >= 11 is 3.32. The molecule has 1 unspecified atom stereocenters. The number of esters is 1. The summed E-state index contributed by atoms with van der Waals surface area (Å²) < 4.78 is 5.60. The normalized spacial score (nSPS) is 18.2. The van der Waals surface area contributed by atoms with Gasteiger partial charge in [0.15, 0.2) is 5.41 Å². The van der Waals surface area contributed by atoms with Crippen LogP contribution in [0.2, 0.25) is 0 Å². The number of hydrogen-bond acceptors (Lipinski definition) is 4. The van der Waals surface area contributed by atoms with E-state index in [1.165, 1.54) is 7.11 Å². The first-order valence-electron chi connectivity index (χ1n) is 6.92. The predicted molar refractivity (Wildman–Crippen MR) is 79.7 cm³/mol. The van der Waals surface area contributed by atoms with Crippen molar-refractivity contribution in [3.63, 3.8) is 0 Å². The topological polar surface area (TPSA) is 76.5 Å². The first-order chi connectivity index (χ1) is 10.0. The van der Waals surface area contributed by atoms with Gasteiger partial charge in [-0.2, -0.15) is 0 Å². The molecule has 0 radical (unpaired) electrons. The molecule has 114 valence electrons. The third kappa shape index (κ3) is 3.10. The zero-order valence-corrected chi connectivity index (χ0v) is 13.4. The molecule has 1 aromatic heterocycles. The van der Waals surface area contributed by atoms with E-state index >= 15 is 0 Å². The van der Waals surface area contributed by atoms with Gasteiger partial charge < -0.3 is 9.84 Å². The SMILES string of the molecule is COC(=O)C(Cc1cncc(Br)c1)(C(=O)O)C1CCCC1. The molecule has 1 N–H and O–H groups in total. The Bertz CT molecular complexity index is 542. The molecule has 0 aromatic carbocycles. The highest BCUT2D eigenvalue weighted by molar-refractivity contribution is 9.10. The molecule has 0 spiro atoms. The molecule has 1 saturated carbocycles. The Morgan fingerprint density at radius 1 is 1.43 bits per heavy atom. The number of aromatic nitrogens is 1. The lowest BCUT2D eigenvalue weighted by atomic mass is 9.70. The fourth-order valence-corrected chi connectivity index (χ4v) is 3.61. The third-order valence-electron chi connectivity index (χ3n) is 4.23. The molecule has 1 aliphatic carbocycles. The van der Waals surface area contributed by atoms with Gasteiger partial charge in [-0.15, -0.1) is 0 Å². The van der Waals surface area contributed by atoms with Crippen LogP contribution in [0.4, 0.5) is 0 Å². The van der Waals surface area contributed by atoms with Gasteiger partial charge in [-0.05, 0) is 46.3 Å². The number of ether oxygens (including phenoxy) is 1. The van der Waals surface area contributed by atoms with E-state index in [0.717, 1.165) is 30.2 Å². The fourth-order valence-electron chi connectivity index (χ4n) is 3.20. The highest BCUT2D eigenvalue weighted by Gasteiger charge is 2.54. The first-order valence-corrected chi connectivity index (χ1v) is 7.71. The summed E-state index contributed by atoms with van der Waals surface area (Å²) in [6.45, 7) is 0. The van der Waals surface area contributed by atoms with E-state index in [1.807, 2.05) is 0 Å². The van der Waals surface area contributed by atoms with Crippen LogP contribution in [0.5, 0.6) is 0 Å². The molecule has 1 atom stereocenters. The Morgan fingerprint density at radius 2 is 2.10 bits per heavy atom. The molecule has 0 amide bonds. The van der Waals surface area contributed by atoms with Crippen molar-refractivity contribution in [2.24, 2.45) is 11.3 Å². The second kappa shape index (κ2) is 6.56. The number of aliphatic carboxylic acids is 1. The summed E-state index contributed by atoms with van der Waals surface area (Å²) in [6.07, 6.45) is 6.71. The number of nitrogens with zero attached hydrogens (tertiary/aromatic N) is 1. The Hall–Kier alpha value is -1.43. The summed E-state index contributed by atoms with van der Waals surface area (Å²) in [6, 6.07) is 1.79. The molecule has 1 heterocycles. The Kier molecular flexibility index (Phi) is 4.98. The highest BCUT2D eigenvalue weighted by Crippen LogP contribution is 2.43. The van der Waals surface area contributed by atoms with Crippen LogP contribution in [-0.4, -0.2) is 29.1 Å². The number of carbonyl (C=O) groups excluding carboxylic acids is 1. The minimum atomic E-state index is -1.52. The fraction of sp³-hybridized carbons (Fsp3) is 0.533. The number of pyridine rings is 1. The number of hydrogen-bond donors (Lipinski definition) is 1. The van der Waals surface area contributed by atoms with Gasteiger partial charge in [-0.3, -0.25) is 14.6 Å². The van der Waals surface area contributed by atoms with Crippen LogP contribution in [0.3, 0.4) is 0 Å². The summed E-state index contributed by atoms with van der Waals surface area (Å²) in [5.74, 6) is -1.97. The van der Waals surface area contributed by atoms with E-state index in [2.05, 4.69) is 20.9 Å². The van der Waals surface area contributed by atoms with Crippen molar-refractivity contribution in [1.82, 2.24) is 4.98 Å².